The van der Waals surface area contributed by atoms with Gasteiger partial charge < -0.3 is 9.88 Å². The van der Waals surface area contributed by atoms with Crippen molar-refractivity contribution in [2.24, 2.45) is 7.05 Å². The molecule has 6 nitrogen and oxygen atoms in total. The Balaban J connectivity index is 2.27. The van der Waals surface area contributed by atoms with Crippen LogP contribution in [0.15, 0.2) is 35.4 Å². The molecule has 0 aliphatic heterocycles. The summed E-state index contributed by atoms with van der Waals surface area (Å²) >= 11 is 0. The molecule has 0 saturated carbocycles. The standard InChI is InChI=1S/C17H22FN3O3S/c1-11-8-12(6-7-14(11)18)19-16(22)15-9-13(10-21(15)5)25(23,24)20-17(2,3)4/h6-10,20H,1-5H3,(H,19,22). The van der Waals surface area contributed by atoms with Crippen molar-refractivity contribution in [1.29, 1.82) is 0 Å². The molecule has 0 radical (unpaired) electrons. The van der Waals surface area contributed by atoms with Crippen LogP contribution in [0.2, 0.25) is 0 Å². The first kappa shape index (κ1) is 19.1. The number of anilines is 1. The summed E-state index contributed by atoms with van der Waals surface area (Å²) in [5.41, 5.74) is 0.379. The van der Waals surface area contributed by atoms with Gasteiger partial charge in [0.25, 0.3) is 5.91 Å². The molecule has 0 unspecified atom stereocenters. The van der Waals surface area contributed by atoms with Gasteiger partial charge in [0.15, 0.2) is 0 Å². The van der Waals surface area contributed by atoms with Gasteiger partial charge in [0.05, 0.1) is 0 Å². The number of hydrogen-bond acceptors (Lipinski definition) is 3. The molecule has 1 aromatic heterocycles. The molecular formula is C17H22FN3O3S. The van der Waals surface area contributed by atoms with E-state index in [1.807, 2.05) is 0 Å². The second-order valence-corrected chi connectivity index (χ2v) is 8.63. The second-order valence-electron chi connectivity index (χ2n) is 6.95. The average Bonchev–Trinajstić information content (AvgIpc) is 2.83. The average molecular weight is 367 g/mol. The van der Waals surface area contributed by atoms with Gasteiger partial charge in [-0.25, -0.2) is 17.5 Å². The Morgan fingerprint density at radius 2 is 1.84 bits per heavy atom. The Bertz CT molecular complexity index is 912. The fourth-order valence-corrected chi connectivity index (χ4v) is 3.77. The third-order valence-electron chi connectivity index (χ3n) is 3.38. The van der Waals surface area contributed by atoms with Crippen LogP contribution in [0.5, 0.6) is 0 Å². The summed E-state index contributed by atoms with van der Waals surface area (Å²) in [5.74, 6) is -0.843. The van der Waals surface area contributed by atoms with Gasteiger partial charge in [-0.1, -0.05) is 0 Å². The molecule has 0 aliphatic carbocycles. The Morgan fingerprint density at radius 3 is 2.40 bits per heavy atom. The molecule has 0 fully saturated rings. The molecule has 2 aromatic rings. The molecule has 1 heterocycles. The van der Waals surface area contributed by atoms with Crippen molar-refractivity contribution in [1.82, 2.24) is 9.29 Å². The van der Waals surface area contributed by atoms with E-state index < -0.39 is 21.5 Å². The highest BCUT2D eigenvalue weighted by molar-refractivity contribution is 7.89. The first-order chi connectivity index (χ1) is 11.4. The number of carbonyl (C=O) groups is 1. The van der Waals surface area contributed by atoms with Crippen LogP contribution in [0.4, 0.5) is 10.1 Å². The second kappa shape index (κ2) is 6.61. The van der Waals surface area contributed by atoms with E-state index in [1.165, 1.54) is 35.0 Å². The maximum Gasteiger partial charge on any atom is 0.272 e. The van der Waals surface area contributed by atoms with Crippen molar-refractivity contribution in [3.05, 3.63) is 47.5 Å². The SMILES string of the molecule is Cc1cc(NC(=O)c2cc(S(=O)(=O)NC(C)(C)C)cn2C)ccc1F. The fraction of sp³-hybridized carbons (Fsp3) is 0.353. The fourth-order valence-electron chi connectivity index (χ4n) is 2.29. The molecule has 2 N–H and O–H groups in total. The quantitative estimate of drug-likeness (QED) is 0.872. The molecule has 1 amide bonds. The van der Waals surface area contributed by atoms with Crippen LogP contribution in [0, 0.1) is 12.7 Å². The number of nitrogens with zero attached hydrogens (tertiary/aromatic N) is 1. The Kier molecular flexibility index (Phi) is 5.06. The molecule has 136 valence electrons. The summed E-state index contributed by atoms with van der Waals surface area (Å²) in [4.78, 5) is 12.4. The van der Waals surface area contributed by atoms with Crippen LogP contribution in [0.25, 0.3) is 0 Å². The van der Waals surface area contributed by atoms with E-state index >= 15 is 0 Å². The van der Waals surface area contributed by atoms with Gasteiger partial charge in [-0.15, -0.1) is 0 Å². The minimum Gasteiger partial charge on any atom is -0.345 e. The number of hydrogen-bond donors (Lipinski definition) is 2. The Labute approximate surface area is 147 Å². The molecule has 0 saturated heterocycles. The highest BCUT2D eigenvalue weighted by Gasteiger charge is 2.25. The number of aryl methyl sites for hydroxylation is 2. The van der Waals surface area contributed by atoms with Crippen LogP contribution in [-0.4, -0.2) is 24.4 Å². The van der Waals surface area contributed by atoms with Gasteiger partial charge in [-0.05, 0) is 57.5 Å². The van der Waals surface area contributed by atoms with Crippen LogP contribution in [0.1, 0.15) is 36.8 Å². The molecule has 1 aromatic carbocycles. The first-order valence-electron chi connectivity index (χ1n) is 7.67. The van der Waals surface area contributed by atoms with E-state index in [0.717, 1.165) is 0 Å². The van der Waals surface area contributed by atoms with Crippen molar-refractivity contribution in [2.75, 3.05) is 5.32 Å². The third-order valence-corrected chi connectivity index (χ3v) is 5.10. The predicted molar refractivity (Wildman–Crippen MR) is 94.6 cm³/mol. The zero-order chi connectivity index (χ0) is 19.0. The Hall–Kier alpha value is -2.19. The number of rotatable bonds is 4. The number of halogens is 1. The lowest BCUT2D eigenvalue weighted by molar-refractivity contribution is 0.101. The first-order valence-corrected chi connectivity index (χ1v) is 9.15. The highest BCUT2D eigenvalue weighted by atomic mass is 32.2. The normalized spacial score (nSPS) is 12.2. The lowest BCUT2D eigenvalue weighted by Crippen LogP contribution is -2.40. The predicted octanol–water partition coefficient (Wildman–Crippen LogP) is 2.80. The van der Waals surface area contributed by atoms with Crippen LogP contribution < -0.4 is 10.0 Å². The van der Waals surface area contributed by atoms with E-state index in [4.69, 9.17) is 0 Å². The Morgan fingerprint density at radius 1 is 1.20 bits per heavy atom. The summed E-state index contributed by atoms with van der Waals surface area (Å²) in [5, 5.41) is 2.64. The molecular weight excluding hydrogens is 345 g/mol. The maximum atomic E-state index is 13.3. The van der Waals surface area contributed by atoms with Crippen LogP contribution in [0.3, 0.4) is 0 Å². The largest absolute Gasteiger partial charge is 0.345 e. The van der Waals surface area contributed by atoms with Gasteiger partial charge in [-0.2, -0.15) is 0 Å². The maximum absolute atomic E-state index is 13.3. The van der Waals surface area contributed by atoms with E-state index in [9.17, 15) is 17.6 Å². The zero-order valence-electron chi connectivity index (χ0n) is 14.8. The smallest absolute Gasteiger partial charge is 0.272 e. The molecule has 25 heavy (non-hydrogen) atoms. The monoisotopic (exact) mass is 367 g/mol. The molecule has 0 aliphatic rings. The topological polar surface area (TPSA) is 80.2 Å². The number of benzene rings is 1. The molecule has 0 atom stereocenters. The lowest BCUT2D eigenvalue weighted by atomic mass is 10.1. The van der Waals surface area contributed by atoms with Gasteiger partial charge in [-0.3, -0.25) is 4.79 Å². The summed E-state index contributed by atoms with van der Waals surface area (Å²) in [7, 11) is -2.15. The number of sulfonamides is 1. The van der Waals surface area contributed by atoms with Crippen molar-refractivity contribution in [3.8, 4) is 0 Å². The van der Waals surface area contributed by atoms with Crippen LogP contribution >= 0.6 is 0 Å². The summed E-state index contributed by atoms with van der Waals surface area (Å²) < 4.78 is 42.0. The van der Waals surface area contributed by atoms with Crippen molar-refractivity contribution < 1.29 is 17.6 Å². The number of amides is 1. The zero-order valence-corrected chi connectivity index (χ0v) is 15.7. The minimum atomic E-state index is -3.74. The molecule has 0 spiro atoms. The van der Waals surface area contributed by atoms with Crippen molar-refractivity contribution in [3.63, 3.8) is 0 Å². The summed E-state index contributed by atoms with van der Waals surface area (Å²) in [6, 6.07) is 5.52. The minimum absolute atomic E-state index is 0.00496. The summed E-state index contributed by atoms with van der Waals surface area (Å²) in [6.07, 6.45) is 1.37. The van der Waals surface area contributed by atoms with Crippen molar-refractivity contribution >= 4 is 21.6 Å². The van der Waals surface area contributed by atoms with Crippen LogP contribution in [-0.2, 0) is 17.1 Å². The summed E-state index contributed by atoms with van der Waals surface area (Å²) in [6.45, 7) is 6.80. The third kappa shape index (κ3) is 4.67. The number of nitrogens with one attached hydrogen (secondary N) is 2. The lowest BCUT2D eigenvalue weighted by Gasteiger charge is -2.19. The van der Waals surface area contributed by atoms with E-state index in [2.05, 4.69) is 10.0 Å². The van der Waals surface area contributed by atoms with Gasteiger partial charge in [0.2, 0.25) is 10.0 Å². The highest BCUT2D eigenvalue weighted by Crippen LogP contribution is 2.18. The van der Waals surface area contributed by atoms with Gasteiger partial charge in [0, 0.05) is 24.5 Å². The van der Waals surface area contributed by atoms with Gasteiger partial charge >= 0.3 is 0 Å². The van der Waals surface area contributed by atoms with E-state index in [-0.39, 0.29) is 16.4 Å². The van der Waals surface area contributed by atoms with E-state index in [0.29, 0.717) is 11.3 Å². The molecule has 8 heteroatoms. The molecule has 0 bridgehead atoms. The number of carbonyl (C=O) groups excluding carboxylic acids is 1. The van der Waals surface area contributed by atoms with E-state index in [1.54, 1.807) is 34.7 Å². The van der Waals surface area contributed by atoms with Gasteiger partial charge in [0.1, 0.15) is 16.4 Å². The number of aromatic nitrogens is 1. The molecule has 2 rings (SSSR count). The van der Waals surface area contributed by atoms with Crippen molar-refractivity contribution in [2.45, 2.75) is 38.1 Å².